The van der Waals surface area contributed by atoms with Gasteiger partial charge in [0.1, 0.15) is 17.3 Å². The zero-order chi connectivity index (χ0) is 27.8. The van der Waals surface area contributed by atoms with Crippen LogP contribution in [0.3, 0.4) is 0 Å². The summed E-state index contributed by atoms with van der Waals surface area (Å²) in [7, 11) is -2.64. The van der Waals surface area contributed by atoms with Crippen molar-refractivity contribution in [3.8, 4) is 22.9 Å². The number of rotatable bonds is 6. The third kappa shape index (κ3) is 3.97. The van der Waals surface area contributed by atoms with Crippen molar-refractivity contribution in [2.45, 2.75) is 49.1 Å². The van der Waals surface area contributed by atoms with Gasteiger partial charge >= 0.3 is 11.8 Å². The average molecular weight is 558 g/mol. The van der Waals surface area contributed by atoms with Crippen LogP contribution in [0.4, 0.5) is 22.0 Å². The van der Waals surface area contributed by atoms with E-state index in [4.69, 9.17) is 4.52 Å². The maximum atomic E-state index is 13.8. The van der Waals surface area contributed by atoms with Crippen LogP contribution in [-0.2, 0) is 28.2 Å². The van der Waals surface area contributed by atoms with E-state index >= 15 is 0 Å². The van der Waals surface area contributed by atoms with Gasteiger partial charge in [-0.25, -0.2) is 31.5 Å². The fourth-order valence-electron chi connectivity index (χ4n) is 4.10. The Kier molecular flexibility index (Phi) is 5.56. The SMILES string of the molecule is CCS(=O)(=O)c1cc(-c2noc(C3(C(F)(F)F)CC3)n2)cnc1-c1nc2cc(C(C)(F)F)c[n+]([O-])c2n1C. The van der Waals surface area contributed by atoms with Gasteiger partial charge in [0.2, 0.25) is 17.5 Å². The standard InChI is InChI=1S/C22H19F5N6O4S/c1-4-38(35,36)14-7-11(16-30-19(37-31-16)21(5-6-21)22(25,26)27)9-28-15(14)17-29-13-8-12(20(2,23)24)10-33(34)18(13)32(17)3/h7-10H,4-6H2,1-3H3. The summed E-state index contributed by atoms with van der Waals surface area (Å²) in [5.74, 6) is -4.73. The molecule has 1 aliphatic carbocycles. The monoisotopic (exact) mass is 558 g/mol. The lowest BCUT2D eigenvalue weighted by atomic mass is 10.1. The van der Waals surface area contributed by atoms with Crippen LogP contribution in [0.25, 0.3) is 34.1 Å². The molecule has 1 saturated carbocycles. The molecule has 16 heteroatoms. The summed E-state index contributed by atoms with van der Waals surface area (Å²) in [6.07, 6.45) is -3.17. The van der Waals surface area contributed by atoms with Gasteiger partial charge in [-0.2, -0.15) is 23.1 Å². The summed E-state index contributed by atoms with van der Waals surface area (Å²) in [6, 6.07) is 2.14. The topological polar surface area (TPSA) is 131 Å². The highest BCUT2D eigenvalue weighted by Gasteiger charge is 2.68. The maximum Gasteiger partial charge on any atom is 0.403 e. The number of pyridine rings is 2. The summed E-state index contributed by atoms with van der Waals surface area (Å²) in [4.78, 5) is 11.9. The Bertz CT molecular complexity index is 1690. The van der Waals surface area contributed by atoms with Crippen LogP contribution < -0.4 is 4.73 Å². The lowest BCUT2D eigenvalue weighted by Crippen LogP contribution is -2.31. The van der Waals surface area contributed by atoms with Crippen molar-refractivity contribution in [3.63, 3.8) is 0 Å². The number of fused-ring (bicyclic) bond motifs is 1. The van der Waals surface area contributed by atoms with E-state index in [2.05, 4.69) is 20.1 Å². The summed E-state index contributed by atoms with van der Waals surface area (Å²) in [5.41, 5.74) is -3.28. The lowest BCUT2D eigenvalue weighted by molar-refractivity contribution is -0.581. The normalized spacial score (nSPS) is 15.8. The van der Waals surface area contributed by atoms with Crippen LogP contribution in [0.1, 0.15) is 38.1 Å². The first-order chi connectivity index (χ1) is 17.6. The summed E-state index contributed by atoms with van der Waals surface area (Å²) >= 11 is 0. The molecule has 0 spiro atoms. The van der Waals surface area contributed by atoms with Crippen LogP contribution in [0.2, 0.25) is 0 Å². The molecule has 1 aliphatic rings. The summed E-state index contributed by atoms with van der Waals surface area (Å²) in [5, 5.41) is 16.1. The molecule has 10 nitrogen and oxygen atoms in total. The van der Waals surface area contributed by atoms with Crippen molar-refractivity contribution >= 4 is 21.0 Å². The minimum absolute atomic E-state index is 0.0284. The van der Waals surface area contributed by atoms with Gasteiger partial charge in [0.05, 0.1) is 23.3 Å². The van der Waals surface area contributed by atoms with Crippen molar-refractivity contribution in [3.05, 3.63) is 41.2 Å². The van der Waals surface area contributed by atoms with Crippen LogP contribution in [0, 0.1) is 5.21 Å². The molecule has 4 aromatic rings. The predicted molar refractivity (Wildman–Crippen MR) is 120 cm³/mol. The highest BCUT2D eigenvalue weighted by atomic mass is 32.2. The second-order valence-electron chi connectivity index (χ2n) is 9.12. The molecule has 5 rings (SSSR count). The number of nitrogens with zero attached hydrogens (tertiary/aromatic N) is 6. The van der Waals surface area contributed by atoms with Crippen LogP contribution in [0.5, 0.6) is 0 Å². The van der Waals surface area contributed by atoms with E-state index in [0.717, 1.165) is 18.3 Å². The third-order valence-corrected chi connectivity index (χ3v) is 8.26. The van der Waals surface area contributed by atoms with Gasteiger partial charge in [0.15, 0.2) is 15.4 Å². The highest BCUT2D eigenvalue weighted by Crippen LogP contribution is 2.58. The third-order valence-electron chi connectivity index (χ3n) is 6.52. The molecule has 202 valence electrons. The van der Waals surface area contributed by atoms with E-state index < -0.39 is 38.8 Å². The largest absolute Gasteiger partial charge is 0.711 e. The van der Waals surface area contributed by atoms with E-state index in [1.807, 2.05) is 0 Å². The van der Waals surface area contributed by atoms with Gasteiger partial charge in [-0.3, -0.25) is 0 Å². The summed E-state index contributed by atoms with van der Waals surface area (Å²) in [6.45, 7) is 1.99. The van der Waals surface area contributed by atoms with E-state index in [9.17, 15) is 35.6 Å². The second-order valence-corrected chi connectivity index (χ2v) is 11.4. The number of hydrogen-bond donors (Lipinski definition) is 0. The van der Waals surface area contributed by atoms with E-state index in [0.29, 0.717) is 13.1 Å². The van der Waals surface area contributed by atoms with Crippen molar-refractivity contribution < 1.29 is 39.6 Å². The molecule has 0 amide bonds. The molecule has 0 bridgehead atoms. The quantitative estimate of drug-likeness (QED) is 0.198. The van der Waals surface area contributed by atoms with Crippen molar-refractivity contribution in [1.82, 2.24) is 24.7 Å². The number of alkyl halides is 5. The van der Waals surface area contributed by atoms with Crippen LogP contribution >= 0.6 is 0 Å². The Hall–Kier alpha value is -3.69. The molecule has 0 saturated heterocycles. The molecule has 0 aromatic carbocycles. The molecular weight excluding hydrogens is 539 g/mol. The molecule has 0 unspecified atom stereocenters. The smallest absolute Gasteiger partial charge is 0.403 e. The van der Waals surface area contributed by atoms with E-state index in [1.54, 1.807) is 0 Å². The number of sulfone groups is 1. The first-order valence-electron chi connectivity index (χ1n) is 11.2. The molecule has 38 heavy (non-hydrogen) atoms. The number of aryl methyl sites for hydroxylation is 1. The molecule has 0 N–H and O–H groups in total. The Morgan fingerprint density at radius 2 is 1.87 bits per heavy atom. The van der Waals surface area contributed by atoms with Gasteiger partial charge < -0.3 is 9.73 Å². The first kappa shape index (κ1) is 25.9. The molecule has 1 fully saturated rings. The highest BCUT2D eigenvalue weighted by molar-refractivity contribution is 7.91. The fourth-order valence-corrected chi connectivity index (χ4v) is 5.15. The minimum atomic E-state index is -4.59. The minimum Gasteiger partial charge on any atom is -0.711 e. The van der Waals surface area contributed by atoms with Crippen molar-refractivity contribution in [2.24, 2.45) is 7.05 Å². The number of aromatic nitrogens is 6. The van der Waals surface area contributed by atoms with Gasteiger partial charge in [-0.15, -0.1) is 0 Å². The van der Waals surface area contributed by atoms with Gasteiger partial charge in [-0.05, 0) is 25.0 Å². The summed E-state index contributed by atoms with van der Waals surface area (Å²) < 4.78 is 100. The fraction of sp³-hybridized carbons (Fsp3) is 0.409. The first-order valence-corrected chi connectivity index (χ1v) is 12.9. The Balaban J connectivity index is 1.66. The molecule has 0 atom stereocenters. The lowest BCUT2D eigenvalue weighted by Gasteiger charge is -2.13. The zero-order valence-electron chi connectivity index (χ0n) is 20.0. The van der Waals surface area contributed by atoms with Crippen LogP contribution in [0.15, 0.2) is 33.9 Å². The molecule has 0 aliphatic heterocycles. The maximum absolute atomic E-state index is 13.8. The molecule has 4 heterocycles. The Morgan fingerprint density at radius 1 is 1.18 bits per heavy atom. The average Bonchev–Trinajstić information content (AvgIpc) is 3.39. The van der Waals surface area contributed by atoms with Crippen LogP contribution in [-0.4, -0.2) is 45.0 Å². The van der Waals surface area contributed by atoms with Crippen molar-refractivity contribution in [1.29, 1.82) is 0 Å². The zero-order valence-corrected chi connectivity index (χ0v) is 20.9. The Labute approximate surface area is 211 Å². The number of halogens is 5. The van der Waals surface area contributed by atoms with E-state index in [1.165, 1.54) is 18.5 Å². The molecular formula is C22H19F5N6O4S. The number of hydrogen-bond acceptors (Lipinski definition) is 8. The number of imidazole rings is 1. The van der Waals surface area contributed by atoms with E-state index in [-0.39, 0.29) is 62.3 Å². The predicted octanol–water partition coefficient (Wildman–Crippen LogP) is 3.82. The van der Waals surface area contributed by atoms with Gasteiger partial charge in [0, 0.05) is 18.7 Å². The van der Waals surface area contributed by atoms with Crippen molar-refractivity contribution in [2.75, 3.05) is 5.75 Å². The van der Waals surface area contributed by atoms with Gasteiger partial charge in [-0.1, -0.05) is 12.1 Å². The van der Waals surface area contributed by atoms with Gasteiger partial charge in [0.25, 0.3) is 5.92 Å². The Morgan fingerprint density at radius 3 is 2.45 bits per heavy atom. The molecule has 4 aromatic heterocycles. The molecule has 0 radical (unpaired) electrons. The second kappa shape index (κ2) is 8.15.